The SMILES string of the molecule is CCCC1CCC(C#N)C(N(CCC#N)CC(C)C)C1. The Hall–Kier alpha value is -1.06. The van der Waals surface area contributed by atoms with Crippen LogP contribution in [0.3, 0.4) is 0 Å². The van der Waals surface area contributed by atoms with Gasteiger partial charge in [-0.05, 0) is 31.1 Å². The molecule has 1 aliphatic carbocycles. The Morgan fingerprint density at radius 2 is 2.00 bits per heavy atom. The first-order valence-corrected chi connectivity index (χ1v) is 8.12. The third-order valence-electron chi connectivity index (χ3n) is 4.37. The largest absolute Gasteiger partial charge is 0.298 e. The molecule has 3 nitrogen and oxygen atoms in total. The topological polar surface area (TPSA) is 50.8 Å². The van der Waals surface area contributed by atoms with E-state index in [2.05, 4.69) is 37.8 Å². The average Bonchev–Trinajstić information content (AvgIpc) is 2.43. The van der Waals surface area contributed by atoms with Gasteiger partial charge in [-0.15, -0.1) is 0 Å². The van der Waals surface area contributed by atoms with Crippen LogP contribution in [0.25, 0.3) is 0 Å². The predicted octanol–water partition coefficient (Wildman–Crippen LogP) is 3.97. The molecular formula is C17H29N3. The fourth-order valence-electron chi connectivity index (χ4n) is 3.51. The first kappa shape index (κ1) is 17.0. The second kappa shape index (κ2) is 8.98. The lowest BCUT2D eigenvalue weighted by atomic mass is 9.76. The fraction of sp³-hybridized carbons (Fsp3) is 0.882. The van der Waals surface area contributed by atoms with Crippen LogP contribution in [0.15, 0.2) is 0 Å². The third kappa shape index (κ3) is 5.14. The summed E-state index contributed by atoms with van der Waals surface area (Å²) in [5.41, 5.74) is 0. The van der Waals surface area contributed by atoms with Crippen LogP contribution >= 0.6 is 0 Å². The van der Waals surface area contributed by atoms with Crippen LogP contribution in [0, 0.1) is 40.4 Å². The zero-order chi connectivity index (χ0) is 15.0. The van der Waals surface area contributed by atoms with Crippen molar-refractivity contribution in [1.29, 1.82) is 10.5 Å². The molecule has 0 spiro atoms. The van der Waals surface area contributed by atoms with Crippen molar-refractivity contribution < 1.29 is 0 Å². The van der Waals surface area contributed by atoms with E-state index in [-0.39, 0.29) is 5.92 Å². The minimum Gasteiger partial charge on any atom is -0.298 e. The lowest BCUT2D eigenvalue weighted by Gasteiger charge is -2.41. The van der Waals surface area contributed by atoms with E-state index in [4.69, 9.17) is 5.26 Å². The van der Waals surface area contributed by atoms with Gasteiger partial charge in [-0.1, -0.05) is 33.6 Å². The highest BCUT2D eigenvalue weighted by atomic mass is 15.2. The molecule has 0 saturated heterocycles. The second-order valence-electron chi connectivity index (χ2n) is 6.57. The Labute approximate surface area is 124 Å². The Bertz CT molecular complexity index is 350. The molecule has 1 rings (SSSR count). The van der Waals surface area contributed by atoms with Gasteiger partial charge < -0.3 is 0 Å². The van der Waals surface area contributed by atoms with Crippen molar-refractivity contribution >= 4 is 0 Å². The van der Waals surface area contributed by atoms with Gasteiger partial charge in [-0.25, -0.2) is 0 Å². The molecule has 1 saturated carbocycles. The molecule has 0 radical (unpaired) electrons. The lowest BCUT2D eigenvalue weighted by Crippen LogP contribution is -2.46. The molecule has 20 heavy (non-hydrogen) atoms. The van der Waals surface area contributed by atoms with Gasteiger partial charge in [0.05, 0.1) is 18.1 Å². The first-order chi connectivity index (χ1) is 9.62. The van der Waals surface area contributed by atoms with Crippen molar-refractivity contribution in [2.45, 2.75) is 65.3 Å². The predicted molar refractivity (Wildman–Crippen MR) is 81.8 cm³/mol. The van der Waals surface area contributed by atoms with Gasteiger partial charge in [0, 0.05) is 25.6 Å². The van der Waals surface area contributed by atoms with Gasteiger partial charge in [-0.2, -0.15) is 10.5 Å². The molecule has 1 aliphatic rings. The summed E-state index contributed by atoms with van der Waals surface area (Å²) >= 11 is 0. The molecule has 3 atom stereocenters. The zero-order valence-corrected chi connectivity index (χ0v) is 13.3. The quantitative estimate of drug-likeness (QED) is 0.706. The van der Waals surface area contributed by atoms with Crippen LogP contribution in [0.2, 0.25) is 0 Å². The Balaban J connectivity index is 2.76. The highest BCUT2D eigenvalue weighted by Crippen LogP contribution is 2.34. The summed E-state index contributed by atoms with van der Waals surface area (Å²) in [7, 11) is 0. The highest BCUT2D eigenvalue weighted by Gasteiger charge is 2.34. The molecule has 0 aromatic carbocycles. The fourth-order valence-corrected chi connectivity index (χ4v) is 3.51. The molecule has 0 aromatic heterocycles. The van der Waals surface area contributed by atoms with E-state index in [1.807, 2.05) is 0 Å². The Morgan fingerprint density at radius 1 is 1.25 bits per heavy atom. The van der Waals surface area contributed by atoms with E-state index in [0.717, 1.165) is 31.8 Å². The van der Waals surface area contributed by atoms with Crippen molar-refractivity contribution in [1.82, 2.24) is 4.90 Å². The van der Waals surface area contributed by atoms with Crippen molar-refractivity contribution in [3.63, 3.8) is 0 Å². The zero-order valence-electron chi connectivity index (χ0n) is 13.3. The summed E-state index contributed by atoms with van der Waals surface area (Å²) in [6.45, 7) is 8.49. The van der Waals surface area contributed by atoms with Crippen LogP contribution in [0.5, 0.6) is 0 Å². The van der Waals surface area contributed by atoms with E-state index in [9.17, 15) is 5.26 Å². The van der Waals surface area contributed by atoms with Crippen molar-refractivity contribution in [2.24, 2.45) is 17.8 Å². The van der Waals surface area contributed by atoms with Gasteiger partial charge in [0.25, 0.3) is 0 Å². The first-order valence-electron chi connectivity index (χ1n) is 8.12. The molecular weight excluding hydrogens is 246 g/mol. The Kier molecular flexibility index (Phi) is 7.63. The number of hydrogen-bond acceptors (Lipinski definition) is 3. The lowest BCUT2D eigenvalue weighted by molar-refractivity contribution is 0.0890. The van der Waals surface area contributed by atoms with Crippen molar-refractivity contribution in [2.75, 3.05) is 13.1 Å². The highest BCUT2D eigenvalue weighted by molar-refractivity contribution is 4.98. The number of nitriles is 2. The number of hydrogen-bond donors (Lipinski definition) is 0. The van der Waals surface area contributed by atoms with Crippen LogP contribution in [-0.2, 0) is 0 Å². The van der Waals surface area contributed by atoms with Crippen LogP contribution < -0.4 is 0 Å². The summed E-state index contributed by atoms with van der Waals surface area (Å²) in [4.78, 5) is 2.42. The van der Waals surface area contributed by atoms with Gasteiger partial charge in [0.1, 0.15) is 0 Å². The van der Waals surface area contributed by atoms with E-state index in [1.165, 1.54) is 19.3 Å². The number of nitrogens with zero attached hydrogens (tertiary/aromatic N) is 3. The van der Waals surface area contributed by atoms with E-state index in [0.29, 0.717) is 18.4 Å². The third-order valence-corrected chi connectivity index (χ3v) is 4.37. The van der Waals surface area contributed by atoms with Gasteiger partial charge >= 0.3 is 0 Å². The molecule has 3 heteroatoms. The minimum absolute atomic E-state index is 0.153. The van der Waals surface area contributed by atoms with E-state index < -0.39 is 0 Å². The second-order valence-corrected chi connectivity index (χ2v) is 6.57. The Morgan fingerprint density at radius 3 is 2.55 bits per heavy atom. The maximum Gasteiger partial charge on any atom is 0.0672 e. The molecule has 0 N–H and O–H groups in total. The smallest absolute Gasteiger partial charge is 0.0672 e. The molecule has 3 unspecified atom stereocenters. The standard InChI is InChI=1S/C17H29N3/c1-4-6-15-7-8-16(12-19)17(11-15)20(10-5-9-18)13-14(2)3/h14-17H,4-8,10-11,13H2,1-3H3. The molecule has 0 heterocycles. The average molecular weight is 275 g/mol. The molecule has 1 fully saturated rings. The normalized spacial score (nSPS) is 26.4. The minimum atomic E-state index is 0.153. The number of rotatable bonds is 7. The van der Waals surface area contributed by atoms with Crippen LogP contribution in [0.1, 0.15) is 59.3 Å². The van der Waals surface area contributed by atoms with E-state index in [1.54, 1.807) is 0 Å². The summed E-state index contributed by atoms with van der Waals surface area (Å²) < 4.78 is 0. The van der Waals surface area contributed by atoms with E-state index >= 15 is 0 Å². The van der Waals surface area contributed by atoms with Crippen LogP contribution in [-0.4, -0.2) is 24.0 Å². The molecule has 112 valence electrons. The molecule has 0 aromatic rings. The maximum atomic E-state index is 9.44. The van der Waals surface area contributed by atoms with Gasteiger partial charge in [0.2, 0.25) is 0 Å². The summed E-state index contributed by atoms with van der Waals surface area (Å²) in [5, 5.41) is 18.3. The summed E-state index contributed by atoms with van der Waals surface area (Å²) in [6, 6.07) is 5.14. The van der Waals surface area contributed by atoms with Gasteiger partial charge in [-0.3, -0.25) is 4.90 Å². The van der Waals surface area contributed by atoms with Crippen molar-refractivity contribution in [3.8, 4) is 12.1 Å². The molecule has 0 amide bonds. The molecule has 0 bridgehead atoms. The maximum absolute atomic E-state index is 9.44. The monoisotopic (exact) mass is 275 g/mol. The van der Waals surface area contributed by atoms with Crippen LogP contribution in [0.4, 0.5) is 0 Å². The summed E-state index contributed by atoms with van der Waals surface area (Å²) in [5.74, 6) is 1.51. The molecule has 0 aliphatic heterocycles. The summed E-state index contributed by atoms with van der Waals surface area (Å²) in [6.07, 6.45) is 6.47. The van der Waals surface area contributed by atoms with Crippen molar-refractivity contribution in [3.05, 3.63) is 0 Å². The van der Waals surface area contributed by atoms with Gasteiger partial charge in [0.15, 0.2) is 0 Å².